The first-order valence-electron chi connectivity index (χ1n) is 12.2. The Morgan fingerprint density at radius 1 is 1.24 bits per heavy atom. The van der Waals surface area contributed by atoms with Crippen molar-refractivity contribution in [1.29, 1.82) is 0 Å². The number of benzene rings is 2. The van der Waals surface area contributed by atoms with Gasteiger partial charge < -0.3 is 14.2 Å². The van der Waals surface area contributed by atoms with Gasteiger partial charge in [0.1, 0.15) is 5.82 Å². The Morgan fingerprint density at radius 2 is 2.00 bits per heavy atom. The van der Waals surface area contributed by atoms with E-state index in [9.17, 15) is 9.59 Å². The van der Waals surface area contributed by atoms with Crippen LogP contribution in [0.4, 0.5) is 0 Å². The van der Waals surface area contributed by atoms with E-state index in [0.29, 0.717) is 46.8 Å². The molecule has 3 rings (SSSR count). The van der Waals surface area contributed by atoms with E-state index in [1.807, 2.05) is 39.0 Å². The van der Waals surface area contributed by atoms with E-state index >= 15 is 0 Å². The number of nitrogens with zero attached hydrogens (tertiary/aromatic N) is 3. The SMILES string of the molecule is C=CCc1cc(C=Nn2c([C@@H](C)CC)nc3ccc(Br)cc3c2=O)cc(OCC)c1O[C@@H](C)C(=O)OC. The molecule has 37 heavy (non-hydrogen) atoms. The molecular weight excluding hydrogens is 538 g/mol. The van der Waals surface area contributed by atoms with Gasteiger partial charge in [0.2, 0.25) is 0 Å². The normalized spacial score (nSPS) is 12.9. The van der Waals surface area contributed by atoms with Gasteiger partial charge in [0.15, 0.2) is 17.6 Å². The van der Waals surface area contributed by atoms with Crippen LogP contribution in [0.2, 0.25) is 0 Å². The summed E-state index contributed by atoms with van der Waals surface area (Å²) in [5, 5.41) is 5.04. The fourth-order valence-corrected chi connectivity index (χ4v) is 4.12. The highest BCUT2D eigenvalue weighted by Gasteiger charge is 2.21. The van der Waals surface area contributed by atoms with Crippen LogP contribution in [-0.4, -0.2) is 41.7 Å². The first-order valence-corrected chi connectivity index (χ1v) is 12.9. The molecule has 0 aliphatic rings. The molecule has 0 aliphatic carbocycles. The van der Waals surface area contributed by atoms with Crippen molar-refractivity contribution in [2.24, 2.45) is 5.10 Å². The zero-order valence-corrected chi connectivity index (χ0v) is 23.4. The minimum atomic E-state index is -0.827. The van der Waals surface area contributed by atoms with E-state index in [0.717, 1.165) is 16.5 Å². The molecule has 0 fully saturated rings. The van der Waals surface area contributed by atoms with Crippen LogP contribution in [0.15, 0.2) is 57.4 Å². The molecular formula is C28H32BrN3O5. The summed E-state index contributed by atoms with van der Waals surface area (Å²) >= 11 is 3.43. The van der Waals surface area contributed by atoms with Crippen LogP contribution in [-0.2, 0) is 16.0 Å². The molecule has 0 aliphatic heterocycles. The third-order valence-corrected chi connectivity index (χ3v) is 6.35. The Labute approximate surface area is 225 Å². The minimum Gasteiger partial charge on any atom is -0.490 e. The summed E-state index contributed by atoms with van der Waals surface area (Å²) < 4.78 is 18.7. The van der Waals surface area contributed by atoms with E-state index < -0.39 is 12.1 Å². The molecule has 0 radical (unpaired) electrons. The second-order valence-electron chi connectivity index (χ2n) is 8.52. The summed E-state index contributed by atoms with van der Waals surface area (Å²) in [5.41, 5.74) is 1.83. The molecule has 0 N–H and O–H groups in total. The maximum absolute atomic E-state index is 13.4. The van der Waals surface area contributed by atoms with Crippen molar-refractivity contribution in [1.82, 2.24) is 9.66 Å². The molecule has 0 spiro atoms. The monoisotopic (exact) mass is 569 g/mol. The fourth-order valence-electron chi connectivity index (χ4n) is 3.76. The van der Waals surface area contributed by atoms with E-state index in [2.05, 4.69) is 27.6 Å². The van der Waals surface area contributed by atoms with Gasteiger partial charge in [0.25, 0.3) is 5.56 Å². The van der Waals surface area contributed by atoms with E-state index in [1.165, 1.54) is 11.8 Å². The summed E-state index contributed by atoms with van der Waals surface area (Å²) in [5.74, 6) is 0.996. The molecule has 0 unspecified atom stereocenters. The summed E-state index contributed by atoms with van der Waals surface area (Å²) in [6.07, 6.45) is 3.77. The lowest BCUT2D eigenvalue weighted by atomic mass is 10.1. The molecule has 2 aromatic carbocycles. The van der Waals surface area contributed by atoms with Gasteiger partial charge in [-0.3, -0.25) is 4.79 Å². The summed E-state index contributed by atoms with van der Waals surface area (Å²) in [7, 11) is 1.31. The van der Waals surface area contributed by atoms with Crippen molar-refractivity contribution in [3.63, 3.8) is 0 Å². The quantitative estimate of drug-likeness (QED) is 0.169. The van der Waals surface area contributed by atoms with Gasteiger partial charge in [-0.2, -0.15) is 9.78 Å². The standard InChI is InChI=1S/C28H32BrN3O5/c1-7-10-20-13-19(14-24(36-9-3)25(20)37-18(5)28(34)35-6)16-30-32-26(17(4)8-2)31-23-12-11-21(29)15-22(23)27(32)33/h7,11-18H,1,8-10H2,2-6H3/t17-,18-/m0/s1. The summed E-state index contributed by atoms with van der Waals surface area (Å²) in [6, 6.07) is 9.07. The molecule has 3 aromatic rings. The summed E-state index contributed by atoms with van der Waals surface area (Å²) in [4.78, 5) is 30.2. The lowest BCUT2D eigenvalue weighted by Crippen LogP contribution is -2.25. The molecule has 8 nitrogen and oxygen atoms in total. The third kappa shape index (κ3) is 6.46. The molecule has 196 valence electrons. The lowest BCUT2D eigenvalue weighted by molar-refractivity contribution is -0.147. The van der Waals surface area contributed by atoms with Crippen LogP contribution in [0.3, 0.4) is 0 Å². The zero-order valence-electron chi connectivity index (χ0n) is 21.8. The molecule has 1 heterocycles. The van der Waals surface area contributed by atoms with Gasteiger partial charge in [0, 0.05) is 16.0 Å². The lowest BCUT2D eigenvalue weighted by Gasteiger charge is -2.19. The maximum atomic E-state index is 13.4. The molecule has 0 amide bonds. The molecule has 1 aromatic heterocycles. The van der Waals surface area contributed by atoms with Gasteiger partial charge in [-0.1, -0.05) is 35.9 Å². The Hall–Kier alpha value is -3.46. The van der Waals surface area contributed by atoms with Crippen LogP contribution >= 0.6 is 15.9 Å². The number of fused-ring (bicyclic) bond motifs is 1. The number of hydrogen-bond acceptors (Lipinski definition) is 7. The number of esters is 1. The van der Waals surface area contributed by atoms with Crippen molar-refractivity contribution >= 4 is 39.0 Å². The predicted molar refractivity (Wildman–Crippen MR) is 149 cm³/mol. The average Bonchev–Trinajstić information content (AvgIpc) is 2.89. The van der Waals surface area contributed by atoms with Gasteiger partial charge in [-0.05, 0) is 62.6 Å². The Morgan fingerprint density at radius 3 is 2.65 bits per heavy atom. The number of ether oxygens (including phenoxy) is 3. The zero-order chi connectivity index (χ0) is 27.1. The topological polar surface area (TPSA) is 92.0 Å². The smallest absolute Gasteiger partial charge is 0.346 e. The van der Waals surface area contributed by atoms with Crippen molar-refractivity contribution in [2.75, 3.05) is 13.7 Å². The first kappa shape index (κ1) is 28.1. The van der Waals surface area contributed by atoms with E-state index in [-0.39, 0.29) is 11.5 Å². The van der Waals surface area contributed by atoms with Crippen molar-refractivity contribution in [3.8, 4) is 11.5 Å². The van der Waals surface area contributed by atoms with Crippen LogP contribution in [0.1, 0.15) is 57.0 Å². The highest BCUT2D eigenvalue weighted by atomic mass is 79.9. The van der Waals surface area contributed by atoms with Gasteiger partial charge in [-0.15, -0.1) is 6.58 Å². The van der Waals surface area contributed by atoms with Crippen molar-refractivity contribution in [3.05, 3.63) is 74.8 Å². The Kier molecular flexibility index (Phi) is 9.63. The van der Waals surface area contributed by atoms with Gasteiger partial charge in [-0.25, -0.2) is 9.78 Å². The maximum Gasteiger partial charge on any atom is 0.346 e. The van der Waals surface area contributed by atoms with Crippen LogP contribution in [0.25, 0.3) is 10.9 Å². The highest BCUT2D eigenvalue weighted by Crippen LogP contribution is 2.34. The number of allylic oxidation sites excluding steroid dienone is 1. The van der Waals surface area contributed by atoms with Crippen LogP contribution < -0.4 is 15.0 Å². The number of rotatable bonds is 11. The van der Waals surface area contributed by atoms with Gasteiger partial charge >= 0.3 is 5.97 Å². The number of methoxy groups -OCH3 is 1. The molecule has 0 saturated heterocycles. The Bertz CT molecular complexity index is 1380. The van der Waals surface area contributed by atoms with Crippen molar-refractivity contribution in [2.45, 2.75) is 52.6 Å². The van der Waals surface area contributed by atoms with Gasteiger partial charge in [0.05, 0.1) is 30.8 Å². The molecule has 2 atom stereocenters. The second kappa shape index (κ2) is 12.7. The largest absolute Gasteiger partial charge is 0.490 e. The fraction of sp³-hybridized carbons (Fsp3) is 0.357. The number of hydrogen-bond donors (Lipinski definition) is 0. The third-order valence-electron chi connectivity index (χ3n) is 5.85. The Balaban J connectivity index is 2.15. The van der Waals surface area contributed by atoms with Crippen molar-refractivity contribution < 1.29 is 19.0 Å². The highest BCUT2D eigenvalue weighted by molar-refractivity contribution is 9.10. The number of halogens is 1. The van der Waals surface area contributed by atoms with Crippen LogP contribution in [0.5, 0.6) is 11.5 Å². The molecule has 0 bridgehead atoms. The average molecular weight is 570 g/mol. The number of carbonyl (C=O) groups is 1. The van der Waals surface area contributed by atoms with E-state index in [4.69, 9.17) is 19.2 Å². The number of carbonyl (C=O) groups excluding carboxylic acids is 1. The molecule has 0 saturated carbocycles. The second-order valence-corrected chi connectivity index (χ2v) is 9.43. The first-order chi connectivity index (χ1) is 17.7. The summed E-state index contributed by atoms with van der Waals surface area (Å²) in [6.45, 7) is 11.8. The van der Waals surface area contributed by atoms with Crippen LogP contribution in [0, 0.1) is 0 Å². The predicted octanol–water partition coefficient (Wildman–Crippen LogP) is 5.62. The number of aromatic nitrogens is 2. The molecule has 9 heteroatoms. The minimum absolute atomic E-state index is 0.0174. The van der Waals surface area contributed by atoms with E-state index in [1.54, 1.807) is 31.3 Å².